The molecule has 0 unspecified atom stereocenters. The van der Waals surface area contributed by atoms with E-state index < -0.39 is 6.36 Å². The maximum Gasteiger partial charge on any atom is 0.573 e. The van der Waals surface area contributed by atoms with Crippen LogP contribution in [0.3, 0.4) is 0 Å². The topological polar surface area (TPSA) is 21.3 Å². The van der Waals surface area contributed by atoms with E-state index in [0.29, 0.717) is 12.0 Å². The molecule has 1 aliphatic rings. The average Bonchev–Trinajstić information content (AvgIpc) is 2.22. The van der Waals surface area contributed by atoms with Gasteiger partial charge in [-0.1, -0.05) is 19.1 Å². The number of rotatable bonds is 4. The van der Waals surface area contributed by atoms with Crippen molar-refractivity contribution in [3.8, 4) is 5.75 Å². The predicted octanol–water partition coefficient (Wildman–Crippen LogP) is 3.44. The van der Waals surface area contributed by atoms with E-state index in [2.05, 4.69) is 17.0 Å². The molecule has 0 aliphatic heterocycles. The predicted molar refractivity (Wildman–Crippen MR) is 62.6 cm³/mol. The molecule has 0 heterocycles. The van der Waals surface area contributed by atoms with E-state index in [1.807, 2.05) is 0 Å². The Labute approximate surface area is 104 Å². The highest BCUT2D eigenvalue weighted by Crippen LogP contribution is 2.37. The Hall–Kier alpha value is -1.23. The third-order valence-electron chi connectivity index (χ3n) is 3.22. The van der Waals surface area contributed by atoms with Crippen LogP contribution in [0.1, 0.15) is 31.2 Å². The van der Waals surface area contributed by atoms with E-state index in [-0.39, 0.29) is 5.75 Å². The van der Waals surface area contributed by atoms with Gasteiger partial charge in [-0.15, -0.1) is 13.2 Å². The van der Waals surface area contributed by atoms with E-state index in [0.717, 1.165) is 24.9 Å². The highest BCUT2D eigenvalue weighted by molar-refractivity contribution is 5.31. The van der Waals surface area contributed by atoms with E-state index in [1.54, 1.807) is 12.1 Å². The van der Waals surface area contributed by atoms with Gasteiger partial charge in [-0.3, -0.25) is 0 Å². The lowest BCUT2D eigenvalue weighted by Gasteiger charge is -2.36. The summed E-state index contributed by atoms with van der Waals surface area (Å²) in [7, 11) is 0. The second kappa shape index (κ2) is 5.18. The summed E-state index contributed by atoms with van der Waals surface area (Å²) < 4.78 is 39.8. The van der Waals surface area contributed by atoms with Crippen molar-refractivity contribution in [2.24, 2.45) is 0 Å². The van der Waals surface area contributed by atoms with Crippen LogP contribution < -0.4 is 10.1 Å². The van der Waals surface area contributed by atoms with E-state index in [1.165, 1.54) is 12.1 Å². The minimum absolute atomic E-state index is 0.159. The van der Waals surface area contributed by atoms with Crippen molar-refractivity contribution < 1.29 is 17.9 Å². The molecular weight excluding hydrogens is 243 g/mol. The molecule has 1 aliphatic carbocycles. The number of hydrogen-bond donors (Lipinski definition) is 1. The Morgan fingerprint density at radius 1 is 1.22 bits per heavy atom. The van der Waals surface area contributed by atoms with Crippen molar-refractivity contribution in [2.45, 2.75) is 38.1 Å². The summed E-state index contributed by atoms with van der Waals surface area (Å²) in [5.74, 6) is 0.294. The lowest BCUT2D eigenvalue weighted by atomic mass is 9.76. The standard InChI is InChI=1S/C13H16F3NO/c1-2-17-11-7-10(8-11)9-3-5-12(6-4-9)18-13(14,15)16/h3-6,10-11,17H,2,7-8H2,1H3. The molecule has 1 aromatic carbocycles. The molecule has 1 N–H and O–H groups in total. The Balaban J connectivity index is 1.89. The zero-order valence-corrected chi connectivity index (χ0v) is 10.1. The van der Waals surface area contributed by atoms with Gasteiger partial charge in [0, 0.05) is 6.04 Å². The summed E-state index contributed by atoms with van der Waals surface area (Å²) in [6.07, 6.45) is -2.52. The lowest BCUT2D eigenvalue weighted by Crippen LogP contribution is -2.39. The molecule has 0 radical (unpaired) electrons. The van der Waals surface area contributed by atoms with Gasteiger partial charge in [0.2, 0.25) is 0 Å². The Morgan fingerprint density at radius 3 is 2.33 bits per heavy atom. The van der Waals surface area contributed by atoms with Gasteiger partial charge in [-0.2, -0.15) is 0 Å². The van der Waals surface area contributed by atoms with Crippen LogP contribution in [0.15, 0.2) is 24.3 Å². The van der Waals surface area contributed by atoms with Gasteiger partial charge in [0.15, 0.2) is 0 Å². The molecule has 100 valence electrons. The van der Waals surface area contributed by atoms with Gasteiger partial charge in [0.05, 0.1) is 0 Å². The molecule has 5 heteroatoms. The maximum atomic E-state index is 12.0. The largest absolute Gasteiger partial charge is 0.573 e. The van der Waals surface area contributed by atoms with Crippen molar-refractivity contribution in [1.29, 1.82) is 0 Å². The van der Waals surface area contributed by atoms with Gasteiger partial charge >= 0.3 is 6.36 Å². The summed E-state index contributed by atoms with van der Waals surface area (Å²) in [4.78, 5) is 0. The number of alkyl halides is 3. The van der Waals surface area contributed by atoms with Crippen molar-refractivity contribution in [2.75, 3.05) is 6.54 Å². The van der Waals surface area contributed by atoms with Crippen molar-refractivity contribution in [3.63, 3.8) is 0 Å². The number of hydrogen-bond acceptors (Lipinski definition) is 2. The van der Waals surface area contributed by atoms with Gasteiger partial charge in [-0.25, -0.2) is 0 Å². The molecule has 1 fully saturated rings. The molecule has 0 bridgehead atoms. The number of halogens is 3. The Morgan fingerprint density at radius 2 is 1.83 bits per heavy atom. The zero-order chi connectivity index (χ0) is 13.2. The van der Waals surface area contributed by atoms with Crippen molar-refractivity contribution in [3.05, 3.63) is 29.8 Å². The molecule has 0 atom stereocenters. The molecular formula is C13H16F3NO. The Bertz CT molecular complexity index is 382. The first-order valence-corrected chi connectivity index (χ1v) is 6.07. The first kappa shape index (κ1) is 13.2. The second-order valence-electron chi connectivity index (χ2n) is 4.54. The van der Waals surface area contributed by atoms with Crippen molar-refractivity contribution in [1.82, 2.24) is 5.32 Å². The SMILES string of the molecule is CCNC1CC(c2ccc(OC(F)(F)F)cc2)C1. The van der Waals surface area contributed by atoms with E-state index in [9.17, 15) is 13.2 Å². The number of benzene rings is 1. The van der Waals surface area contributed by atoms with Gasteiger partial charge in [0.25, 0.3) is 0 Å². The molecule has 18 heavy (non-hydrogen) atoms. The molecule has 0 saturated heterocycles. The van der Waals surface area contributed by atoms with Gasteiger partial charge in [-0.05, 0) is 43.0 Å². The van der Waals surface area contributed by atoms with Crippen LogP contribution in [0.5, 0.6) is 5.75 Å². The molecule has 0 amide bonds. The average molecular weight is 259 g/mol. The molecule has 1 aromatic rings. The van der Waals surface area contributed by atoms with Gasteiger partial charge in [0.1, 0.15) is 5.75 Å². The van der Waals surface area contributed by atoms with Crippen LogP contribution in [-0.2, 0) is 0 Å². The smallest absolute Gasteiger partial charge is 0.406 e. The summed E-state index contributed by atoms with van der Waals surface area (Å²) in [6.45, 7) is 3.02. The van der Waals surface area contributed by atoms with Crippen LogP contribution in [0.25, 0.3) is 0 Å². The quantitative estimate of drug-likeness (QED) is 0.894. The summed E-state index contributed by atoms with van der Waals surface area (Å²) in [6, 6.07) is 6.74. The maximum absolute atomic E-state index is 12.0. The molecule has 1 saturated carbocycles. The van der Waals surface area contributed by atoms with Crippen LogP contribution in [0.2, 0.25) is 0 Å². The first-order chi connectivity index (χ1) is 8.48. The van der Waals surface area contributed by atoms with Crippen LogP contribution in [0.4, 0.5) is 13.2 Å². The molecule has 2 nitrogen and oxygen atoms in total. The third kappa shape index (κ3) is 3.38. The fraction of sp³-hybridized carbons (Fsp3) is 0.538. The highest BCUT2D eigenvalue weighted by atomic mass is 19.4. The van der Waals surface area contributed by atoms with Gasteiger partial charge < -0.3 is 10.1 Å². The summed E-state index contributed by atoms with van der Waals surface area (Å²) in [5, 5.41) is 3.35. The summed E-state index contributed by atoms with van der Waals surface area (Å²) in [5.41, 5.74) is 1.08. The molecule has 0 spiro atoms. The Kier molecular flexibility index (Phi) is 3.80. The zero-order valence-electron chi connectivity index (χ0n) is 10.1. The van der Waals surface area contributed by atoms with Crippen LogP contribution in [0, 0.1) is 0 Å². The fourth-order valence-electron chi connectivity index (χ4n) is 2.29. The van der Waals surface area contributed by atoms with Crippen LogP contribution in [-0.4, -0.2) is 18.9 Å². The monoisotopic (exact) mass is 259 g/mol. The van der Waals surface area contributed by atoms with E-state index >= 15 is 0 Å². The van der Waals surface area contributed by atoms with Crippen LogP contribution >= 0.6 is 0 Å². The number of nitrogens with one attached hydrogen (secondary N) is 1. The fourth-order valence-corrected chi connectivity index (χ4v) is 2.29. The summed E-state index contributed by atoms with van der Waals surface area (Å²) >= 11 is 0. The highest BCUT2D eigenvalue weighted by Gasteiger charge is 2.32. The minimum Gasteiger partial charge on any atom is -0.406 e. The first-order valence-electron chi connectivity index (χ1n) is 6.07. The minimum atomic E-state index is -4.62. The van der Waals surface area contributed by atoms with E-state index in [4.69, 9.17) is 0 Å². The normalized spacial score (nSPS) is 23.6. The lowest BCUT2D eigenvalue weighted by molar-refractivity contribution is -0.274. The second-order valence-corrected chi connectivity index (χ2v) is 4.54. The third-order valence-corrected chi connectivity index (χ3v) is 3.22. The number of ether oxygens (including phenoxy) is 1. The van der Waals surface area contributed by atoms with Crippen molar-refractivity contribution >= 4 is 0 Å². The molecule has 0 aromatic heterocycles. The molecule has 2 rings (SSSR count).